The molecule has 0 bridgehead atoms. The Labute approximate surface area is 147 Å². The van der Waals surface area contributed by atoms with E-state index in [9.17, 15) is 19.8 Å². The van der Waals surface area contributed by atoms with E-state index in [2.05, 4.69) is 5.32 Å². The van der Waals surface area contributed by atoms with E-state index in [1.807, 2.05) is 4.90 Å². The third kappa shape index (κ3) is 4.44. The second-order valence-electron chi connectivity index (χ2n) is 7.15. The molecule has 0 aromatic heterocycles. The number of hydrogen-bond donors (Lipinski definition) is 3. The van der Waals surface area contributed by atoms with Crippen LogP contribution in [0.2, 0.25) is 0 Å². The van der Waals surface area contributed by atoms with E-state index in [1.54, 1.807) is 0 Å². The summed E-state index contributed by atoms with van der Waals surface area (Å²) >= 11 is 0. The standard InChI is InChI=1S/C19H26N2O4/c22-16-10-14(11-17(23)12-16)18(24)20-15-6-8-21(9-7-15)19(25)13-4-2-1-3-5-13/h10-13,15,22-23H,1-9H2,(H,20,24). The number of nitrogens with zero attached hydrogens (tertiary/aromatic N) is 1. The number of nitrogens with one attached hydrogen (secondary N) is 1. The summed E-state index contributed by atoms with van der Waals surface area (Å²) in [6, 6.07) is 3.85. The van der Waals surface area contributed by atoms with E-state index in [4.69, 9.17) is 0 Å². The van der Waals surface area contributed by atoms with Gasteiger partial charge in [-0.2, -0.15) is 0 Å². The van der Waals surface area contributed by atoms with Crippen LogP contribution in [0.3, 0.4) is 0 Å². The molecule has 2 aliphatic rings. The second kappa shape index (κ2) is 7.76. The first-order chi connectivity index (χ1) is 12.0. The van der Waals surface area contributed by atoms with E-state index in [0.29, 0.717) is 13.1 Å². The first kappa shape index (κ1) is 17.6. The van der Waals surface area contributed by atoms with E-state index in [-0.39, 0.29) is 40.8 Å². The van der Waals surface area contributed by atoms with Gasteiger partial charge in [0.1, 0.15) is 11.5 Å². The Morgan fingerprint density at radius 1 is 0.920 bits per heavy atom. The predicted octanol–water partition coefficient (Wildman–Crippen LogP) is 2.40. The molecule has 1 saturated carbocycles. The highest BCUT2D eigenvalue weighted by Crippen LogP contribution is 2.27. The van der Waals surface area contributed by atoms with Crippen LogP contribution in [-0.4, -0.2) is 46.1 Å². The highest BCUT2D eigenvalue weighted by atomic mass is 16.3. The van der Waals surface area contributed by atoms with Crippen LogP contribution in [0.15, 0.2) is 18.2 Å². The molecule has 1 saturated heterocycles. The molecule has 136 valence electrons. The minimum atomic E-state index is -0.316. The van der Waals surface area contributed by atoms with Crippen LogP contribution in [-0.2, 0) is 4.79 Å². The Hall–Kier alpha value is -2.24. The molecule has 2 amide bonds. The Morgan fingerprint density at radius 3 is 2.12 bits per heavy atom. The number of benzene rings is 1. The van der Waals surface area contributed by atoms with Crippen LogP contribution in [0.25, 0.3) is 0 Å². The SMILES string of the molecule is O=C(NC1CCN(C(=O)C2CCCCC2)CC1)c1cc(O)cc(O)c1. The Bertz CT molecular complexity index is 612. The van der Waals surface area contributed by atoms with Crippen LogP contribution in [0, 0.1) is 5.92 Å². The maximum Gasteiger partial charge on any atom is 0.251 e. The molecule has 1 aromatic rings. The van der Waals surface area contributed by atoms with Gasteiger partial charge < -0.3 is 20.4 Å². The molecule has 3 N–H and O–H groups in total. The number of amides is 2. The molecule has 0 unspecified atom stereocenters. The summed E-state index contributed by atoms with van der Waals surface area (Å²) in [5.41, 5.74) is 0.234. The zero-order chi connectivity index (χ0) is 17.8. The highest BCUT2D eigenvalue weighted by Gasteiger charge is 2.29. The first-order valence-electron chi connectivity index (χ1n) is 9.15. The fourth-order valence-corrected chi connectivity index (χ4v) is 3.85. The van der Waals surface area contributed by atoms with Crippen LogP contribution < -0.4 is 5.32 Å². The minimum Gasteiger partial charge on any atom is -0.508 e. The molecule has 6 nitrogen and oxygen atoms in total. The number of rotatable bonds is 3. The zero-order valence-electron chi connectivity index (χ0n) is 14.4. The van der Waals surface area contributed by atoms with Crippen molar-refractivity contribution in [3.05, 3.63) is 23.8 Å². The average Bonchev–Trinajstić information content (AvgIpc) is 2.61. The van der Waals surface area contributed by atoms with Gasteiger partial charge in [-0.15, -0.1) is 0 Å². The van der Waals surface area contributed by atoms with Crippen LogP contribution in [0.4, 0.5) is 0 Å². The van der Waals surface area contributed by atoms with Crippen molar-refractivity contribution in [2.24, 2.45) is 5.92 Å². The number of aromatic hydroxyl groups is 2. The summed E-state index contributed by atoms with van der Waals surface area (Å²) in [6.07, 6.45) is 7.03. The normalized spacial score (nSPS) is 19.6. The van der Waals surface area contributed by atoms with Gasteiger partial charge in [-0.1, -0.05) is 19.3 Å². The molecule has 0 spiro atoms. The van der Waals surface area contributed by atoms with E-state index >= 15 is 0 Å². The number of phenolic OH excluding ortho intramolecular Hbond substituents is 2. The minimum absolute atomic E-state index is 0.00685. The van der Waals surface area contributed by atoms with Gasteiger partial charge in [0.2, 0.25) is 5.91 Å². The Balaban J connectivity index is 1.50. The van der Waals surface area contributed by atoms with Gasteiger partial charge in [-0.3, -0.25) is 9.59 Å². The average molecular weight is 346 g/mol. The third-order valence-electron chi connectivity index (χ3n) is 5.26. The summed E-state index contributed by atoms with van der Waals surface area (Å²) in [5, 5.41) is 21.9. The quantitative estimate of drug-likeness (QED) is 0.784. The predicted molar refractivity (Wildman–Crippen MR) is 93.4 cm³/mol. The summed E-state index contributed by atoms with van der Waals surface area (Å²) in [6.45, 7) is 1.34. The van der Waals surface area contributed by atoms with Crippen molar-refractivity contribution in [2.75, 3.05) is 13.1 Å². The highest BCUT2D eigenvalue weighted by molar-refractivity contribution is 5.95. The number of hydrogen-bond acceptors (Lipinski definition) is 4. The lowest BCUT2D eigenvalue weighted by molar-refractivity contribution is -0.137. The fourth-order valence-electron chi connectivity index (χ4n) is 3.85. The van der Waals surface area contributed by atoms with Gasteiger partial charge in [0.25, 0.3) is 5.91 Å². The van der Waals surface area contributed by atoms with E-state index in [1.165, 1.54) is 24.6 Å². The van der Waals surface area contributed by atoms with Gasteiger partial charge in [0.15, 0.2) is 0 Å². The Morgan fingerprint density at radius 2 is 1.52 bits per heavy atom. The van der Waals surface area contributed by atoms with Crippen molar-refractivity contribution < 1.29 is 19.8 Å². The van der Waals surface area contributed by atoms with Gasteiger partial charge >= 0.3 is 0 Å². The molecule has 1 aliphatic carbocycles. The number of piperidine rings is 1. The van der Waals surface area contributed by atoms with Crippen molar-refractivity contribution in [1.29, 1.82) is 0 Å². The molecular formula is C19H26N2O4. The molecule has 3 rings (SSSR count). The van der Waals surface area contributed by atoms with E-state index in [0.717, 1.165) is 38.5 Å². The second-order valence-corrected chi connectivity index (χ2v) is 7.15. The van der Waals surface area contributed by atoms with Gasteiger partial charge in [-0.05, 0) is 37.8 Å². The molecule has 0 atom stereocenters. The molecule has 25 heavy (non-hydrogen) atoms. The lowest BCUT2D eigenvalue weighted by Crippen LogP contribution is -2.48. The summed E-state index contributed by atoms with van der Waals surface area (Å²) in [7, 11) is 0. The van der Waals surface area contributed by atoms with Crippen molar-refractivity contribution in [1.82, 2.24) is 10.2 Å². The third-order valence-corrected chi connectivity index (χ3v) is 5.26. The van der Waals surface area contributed by atoms with E-state index < -0.39 is 0 Å². The largest absolute Gasteiger partial charge is 0.508 e. The van der Waals surface area contributed by atoms with Crippen LogP contribution >= 0.6 is 0 Å². The lowest BCUT2D eigenvalue weighted by atomic mass is 9.87. The fraction of sp³-hybridized carbons (Fsp3) is 0.579. The lowest BCUT2D eigenvalue weighted by Gasteiger charge is -2.35. The topological polar surface area (TPSA) is 89.9 Å². The molecule has 1 aliphatic heterocycles. The van der Waals surface area contributed by atoms with Crippen LogP contribution in [0.5, 0.6) is 11.5 Å². The Kier molecular flexibility index (Phi) is 5.46. The molecule has 1 heterocycles. The van der Waals surface area contributed by atoms with Crippen molar-refractivity contribution >= 4 is 11.8 Å². The number of phenols is 2. The molecule has 0 radical (unpaired) electrons. The molecule has 2 fully saturated rings. The number of likely N-dealkylation sites (tertiary alicyclic amines) is 1. The molecule has 6 heteroatoms. The monoisotopic (exact) mass is 346 g/mol. The maximum absolute atomic E-state index is 12.6. The number of carbonyl (C=O) groups is 2. The van der Waals surface area contributed by atoms with Crippen LogP contribution in [0.1, 0.15) is 55.3 Å². The van der Waals surface area contributed by atoms with Crippen molar-refractivity contribution in [3.8, 4) is 11.5 Å². The molecular weight excluding hydrogens is 320 g/mol. The first-order valence-corrected chi connectivity index (χ1v) is 9.15. The van der Waals surface area contributed by atoms with Crippen molar-refractivity contribution in [3.63, 3.8) is 0 Å². The van der Waals surface area contributed by atoms with Crippen molar-refractivity contribution in [2.45, 2.75) is 51.0 Å². The smallest absolute Gasteiger partial charge is 0.251 e. The zero-order valence-corrected chi connectivity index (χ0v) is 14.4. The maximum atomic E-state index is 12.6. The van der Waals surface area contributed by atoms with Gasteiger partial charge in [0.05, 0.1) is 0 Å². The molecule has 1 aromatic carbocycles. The van der Waals surface area contributed by atoms with Gasteiger partial charge in [-0.25, -0.2) is 0 Å². The van der Waals surface area contributed by atoms with Gasteiger partial charge in [0, 0.05) is 36.7 Å². The summed E-state index contributed by atoms with van der Waals surface area (Å²) in [5.74, 6) is -0.128. The number of carbonyl (C=O) groups excluding carboxylic acids is 2. The summed E-state index contributed by atoms with van der Waals surface area (Å²) in [4.78, 5) is 26.8. The summed E-state index contributed by atoms with van der Waals surface area (Å²) < 4.78 is 0.